The topological polar surface area (TPSA) is 98.7 Å². The van der Waals surface area contributed by atoms with Crippen molar-refractivity contribution in [2.24, 2.45) is 5.92 Å². The molecule has 1 fully saturated rings. The van der Waals surface area contributed by atoms with E-state index in [2.05, 4.69) is 25.2 Å². The monoisotopic (exact) mass is 535 g/mol. The number of nitrogens with zero attached hydrogens (tertiary/aromatic N) is 4. The number of halogens is 2. The molecule has 0 unspecified atom stereocenters. The van der Waals surface area contributed by atoms with E-state index in [1.165, 1.54) is 30.7 Å². The van der Waals surface area contributed by atoms with Crippen molar-refractivity contribution in [3.8, 4) is 17.0 Å². The van der Waals surface area contributed by atoms with Gasteiger partial charge in [-0.25, -0.2) is 19.3 Å². The lowest BCUT2D eigenvalue weighted by Gasteiger charge is -2.32. The third-order valence-corrected chi connectivity index (χ3v) is 6.80. The highest BCUT2D eigenvalue weighted by atomic mass is 35.5. The number of thiazole rings is 1. The van der Waals surface area contributed by atoms with Gasteiger partial charge in [0.05, 0.1) is 36.8 Å². The van der Waals surface area contributed by atoms with Crippen LogP contribution in [0.25, 0.3) is 11.3 Å². The van der Waals surface area contributed by atoms with Crippen LogP contribution in [0.5, 0.6) is 5.75 Å². The van der Waals surface area contributed by atoms with E-state index in [1.54, 1.807) is 17.6 Å². The molecule has 2 aromatic heterocycles. The number of anilines is 2. The predicted octanol–water partition coefficient (Wildman–Crippen LogP) is 4.88. The Morgan fingerprint density at radius 1 is 1.25 bits per heavy atom. The summed E-state index contributed by atoms with van der Waals surface area (Å²) >= 11 is 7.28. The minimum absolute atomic E-state index is 0.0258. The van der Waals surface area contributed by atoms with Crippen LogP contribution < -0.4 is 15.0 Å². The van der Waals surface area contributed by atoms with Gasteiger partial charge in [0.1, 0.15) is 18.3 Å². The molecule has 192 valence electrons. The zero-order valence-corrected chi connectivity index (χ0v) is 21.6. The Labute approximate surface area is 217 Å². The standard InChI is InChI=1S/C24H27ClFN5O4S/c1-3-34-14-35-12-15-4-6-31(7-5-15)21-11-27-19(10-28-21)23(32)30-24-29-20(13-36-24)16-8-17(25)22(33-2)18(26)9-16/h8-11,13,15H,3-7,12,14H2,1-2H3,(H,29,30,32). The number of aromatic nitrogens is 3. The second-order valence-electron chi connectivity index (χ2n) is 8.14. The van der Waals surface area contributed by atoms with Gasteiger partial charge >= 0.3 is 0 Å². The Hall–Kier alpha value is -2.86. The lowest BCUT2D eigenvalue weighted by molar-refractivity contribution is -0.0623. The first-order valence-electron chi connectivity index (χ1n) is 11.5. The van der Waals surface area contributed by atoms with Crippen LogP contribution in [-0.4, -0.2) is 61.1 Å². The molecule has 3 heterocycles. The first-order chi connectivity index (χ1) is 17.5. The van der Waals surface area contributed by atoms with E-state index in [0.717, 1.165) is 31.7 Å². The number of nitrogens with one attached hydrogen (secondary N) is 1. The average molecular weight is 536 g/mol. The van der Waals surface area contributed by atoms with E-state index >= 15 is 0 Å². The largest absolute Gasteiger partial charge is 0.492 e. The quantitative estimate of drug-likeness (QED) is 0.290. The molecule has 36 heavy (non-hydrogen) atoms. The van der Waals surface area contributed by atoms with Crippen molar-refractivity contribution in [1.29, 1.82) is 0 Å². The molecule has 4 rings (SSSR count). The number of amides is 1. The molecule has 9 nitrogen and oxygen atoms in total. The summed E-state index contributed by atoms with van der Waals surface area (Å²) in [5.74, 6) is 0.178. The van der Waals surface area contributed by atoms with Gasteiger partial charge in [-0.15, -0.1) is 11.3 Å². The summed E-state index contributed by atoms with van der Waals surface area (Å²) in [6, 6.07) is 2.84. The fourth-order valence-corrected chi connectivity index (χ4v) is 4.81. The van der Waals surface area contributed by atoms with Crippen LogP contribution in [0.15, 0.2) is 29.9 Å². The predicted molar refractivity (Wildman–Crippen MR) is 136 cm³/mol. The van der Waals surface area contributed by atoms with Crippen molar-refractivity contribution in [3.63, 3.8) is 0 Å². The molecular weight excluding hydrogens is 509 g/mol. The van der Waals surface area contributed by atoms with Gasteiger partial charge < -0.3 is 19.1 Å². The Morgan fingerprint density at radius 3 is 2.72 bits per heavy atom. The fraction of sp³-hybridized carbons (Fsp3) is 0.417. The summed E-state index contributed by atoms with van der Waals surface area (Å²) < 4.78 is 29.9. The molecule has 1 aliphatic heterocycles. The molecule has 1 saturated heterocycles. The summed E-state index contributed by atoms with van der Waals surface area (Å²) in [5.41, 5.74) is 1.13. The summed E-state index contributed by atoms with van der Waals surface area (Å²) in [6.45, 7) is 5.31. The van der Waals surface area contributed by atoms with Crippen molar-refractivity contribution in [1.82, 2.24) is 15.0 Å². The van der Waals surface area contributed by atoms with Crippen molar-refractivity contribution >= 4 is 39.8 Å². The molecule has 0 radical (unpaired) electrons. The Morgan fingerprint density at radius 2 is 2.06 bits per heavy atom. The van der Waals surface area contributed by atoms with Crippen LogP contribution in [-0.2, 0) is 9.47 Å². The number of benzene rings is 1. The van der Waals surface area contributed by atoms with E-state index < -0.39 is 11.7 Å². The molecule has 3 aromatic rings. The van der Waals surface area contributed by atoms with Gasteiger partial charge in [0.2, 0.25) is 0 Å². The van der Waals surface area contributed by atoms with E-state index in [1.807, 2.05) is 6.92 Å². The molecule has 0 spiro atoms. The number of carbonyl (C=O) groups excluding carboxylic acids is 1. The minimum Gasteiger partial charge on any atom is -0.492 e. The first kappa shape index (κ1) is 26.2. The van der Waals surface area contributed by atoms with Gasteiger partial charge in [-0.05, 0) is 37.8 Å². The second kappa shape index (κ2) is 12.4. The summed E-state index contributed by atoms with van der Waals surface area (Å²) in [4.78, 5) is 27.9. The third kappa shape index (κ3) is 6.47. The minimum atomic E-state index is -0.590. The Balaban J connectivity index is 1.31. The summed E-state index contributed by atoms with van der Waals surface area (Å²) in [6.07, 6.45) is 5.04. The SMILES string of the molecule is CCOCOCC1CCN(c2cnc(C(=O)Nc3nc(-c4cc(F)c(OC)c(Cl)c4)cs3)cn2)CC1. The van der Waals surface area contributed by atoms with Crippen LogP contribution in [0.4, 0.5) is 15.3 Å². The van der Waals surface area contributed by atoms with Crippen LogP contribution >= 0.6 is 22.9 Å². The maximum Gasteiger partial charge on any atom is 0.277 e. The molecule has 0 atom stereocenters. The normalized spacial score (nSPS) is 14.2. The molecular formula is C24H27ClFN5O4S. The number of hydrogen-bond donors (Lipinski definition) is 1. The highest BCUT2D eigenvalue weighted by Crippen LogP contribution is 2.34. The van der Waals surface area contributed by atoms with Crippen molar-refractivity contribution in [2.75, 3.05) is 50.4 Å². The van der Waals surface area contributed by atoms with E-state index in [9.17, 15) is 9.18 Å². The summed E-state index contributed by atoms with van der Waals surface area (Å²) in [7, 11) is 1.35. The number of carbonyl (C=O) groups is 1. The first-order valence-corrected chi connectivity index (χ1v) is 12.8. The molecule has 1 N–H and O–H groups in total. The van der Waals surface area contributed by atoms with Gasteiger partial charge in [0, 0.05) is 30.6 Å². The zero-order valence-electron chi connectivity index (χ0n) is 20.0. The smallest absolute Gasteiger partial charge is 0.277 e. The van der Waals surface area contributed by atoms with Gasteiger partial charge in [0.25, 0.3) is 5.91 Å². The van der Waals surface area contributed by atoms with Crippen LogP contribution in [0.1, 0.15) is 30.3 Å². The lowest BCUT2D eigenvalue weighted by Crippen LogP contribution is -2.35. The number of piperidine rings is 1. The second-order valence-corrected chi connectivity index (χ2v) is 9.40. The maximum absolute atomic E-state index is 14.2. The van der Waals surface area contributed by atoms with Gasteiger partial charge in [-0.2, -0.15) is 0 Å². The molecule has 0 saturated carbocycles. The number of rotatable bonds is 10. The number of methoxy groups -OCH3 is 1. The number of ether oxygens (including phenoxy) is 3. The van der Waals surface area contributed by atoms with Crippen molar-refractivity contribution < 1.29 is 23.4 Å². The van der Waals surface area contributed by atoms with Gasteiger partial charge in [-0.3, -0.25) is 10.1 Å². The Bertz CT molecular complexity index is 1150. The van der Waals surface area contributed by atoms with E-state index in [0.29, 0.717) is 42.3 Å². The lowest BCUT2D eigenvalue weighted by atomic mass is 9.98. The molecule has 12 heteroatoms. The van der Waals surface area contributed by atoms with Crippen molar-refractivity contribution in [3.05, 3.63) is 46.4 Å². The van der Waals surface area contributed by atoms with Crippen LogP contribution in [0.2, 0.25) is 5.02 Å². The van der Waals surface area contributed by atoms with E-state index in [4.69, 9.17) is 25.8 Å². The van der Waals surface area contributed by atoms with Gasteiger partial charge in [0.15, 0.2) is 16.7 Å². The number of hydrogen-bond acceptors (Lipinski definition) is 9. The summed E-state index contributed by atoms with van der Waals surface area (Å²) in [5, 5.41) is 4.90. The molecule has 1 aliphatic rings. The molecule has 0 bridgehead atoms. The molecule has 1 amide bonds. The third-order valence-electron chi connectivity index (χ3n) is 5.76. The van der Waals surface area contributed by atoms with Crippen molar-refractivity contribution in [2.45, 2.75) is 19.8 Å². The van der Waals surface area contributed by atoms with Gasteiger partial charge in [-0.1, -0.05) is 11.6 Å². The highest BCUT2D eigenvalue weighted by Gasteiger charge is 2.21. The molecule has 0 aliphatic carbocycles. The highest BCUT2D eigenvalue weighted by molar-refractivity contribution is 7.14. The average Bonchev–Trinajstić information content (AvgIpc) is 3.35. The fourth-order valence-electron chi connectivity index (χ4n) is 3.82. The van der Waals surface area contributed by atoms with Crippen LogP contribution in [0, 0.1) is 11.7 Å². The maximum atomic E-state index is 14.2. The van der Waals surface area contributed by atoms with E-state index in [-0.39, 0.29) is 16.5 Å². The Kier molecular flexibility index (Phi) is 9.03. The van der Waals surface area contributed by atoms with Crippen LogP contribution in [0.3, 0.4) is 0 Å². The zero-order chi connectivity index (χ0) is 25.5. The molecule has 1 aromatic carbocycles.